The number of fused-ring (bicyclic) bond motifs is 1. The van der Waals surface area contributed by atoms with Crippen LogP contribution in [0.2, 0.25) is 0 Å². The number of hydrogen-bond acceptors (Lipinski definition) is 3. The van der Waals surface area contributed by atoms with Gasteiger partial charge in [0.2, 0.25) is 5.91 Å². The van der Waals surface area contributed by atoms with Gasteiger partial charge in [0.05, 0.1) is 19.2 Å². The molecule has 5 nitrogen and oxygen atoms in total. The molecule has 0 atom stereocenters. The van der Waals surface area contributed by atoms with E-state index < -0.39 is 0 Å². The number of amides is 1. The summed E-state index contributed by atoms with van der Waals surface area (Å²) in [5.74, 6) is 0.662. The van der Waals surface area contributed by atoms with Gasteiger partial charge in [0.15, 0.2) is 0 Å². The lowest BCUT2D eigenvalue weighted by Crippen LogP contribution is -2.19. The number of hydrogen-bond donors (Lipinski definition) is 1. The van der Waals surface area contributed by atoms with Crippen LogP contribution in [0, 0.1) is 6.92 Å². The molecule has 0 aliphatic rings. The second-order valence-electron chi connectivity index (χ2n) is 6.31. The summed E-state index contributed by atoms with van der Waals surface area (Å²) in [6, 6.07) is 15.8. The first-order valence-corrected chi connectivity index (χ1v) is 9.25. The van der Waals surface area contributed by atoms with Crippen molar-refractivity contribution in [2.45, 2.75) is 33.7 Å². The predicted octanol–water partition coefficient (Wildman–Crippen LogP) is 4.06. The van der Waals surface area contributed by atoms with Gasteiger partial charge in [0.1, 0.15) is 5.75 Å². The number of ether oxygens (including phenoxy) is 1. The van der Waals surface area contributed by atoms with Crippen molar-refractivity contribution >= 4 is 23.0 Å². The van der Waals surface area contributed by atoms with Gasteiger partial charge in [-0.3, -0.25) is 4.79 Å². The van der Waals surface area contributed by atoms with Crippen molar-refractivity contribution in [3.8, 4) is 5.75 Å². The van der Waals surface area contributed by atoms with E-state index in [1.165, 1.54) is 5.52 Å². The fourth-order valence-corrected chi connectivity index (χ4v) is 3.29. The Labute approximate surface area is 159 Å². The zero-order valence-corrected chi connectivity index (χ0v) is 16.0. The van der Waals surface area contributed by atoms with Crippen LogP contribution in [0.5, 0.6) is 5.75 Å². The van der Waals surface area contributed by atoms with E-state index in [-0.39, 0.29) is 12.3 Å². The van der Waals surface area contributed by atoms with E-state index in [1.54, 1.807) is 6.21 Å². The van der Waals surface area contributed by atoms with E-state index in [4.69, 9.17) is 4.74 Å². The van der Waals surface area contributed by atoms with Crippen LogP contribution >= 0.6 is 0 Å². The van der Waals surface area contributed by atoms with Crippen LogP contribution in [0.3, 0.4) is 0 Å². The summed E-state index contributed by atoms with van der Waals surface area (Å²) in [7, 11) is 0. The van der Waals surface area contributed by atoms with Crippen LogP contribution < -0.4 is 10.2 Å². The molecule has 0 saturated carbocycles. The van der Waals surface area contributed by atoms with E-state index in [0.29, 0.717) is 6.61 Å². The highest BCUT2D eigenvalue weighted by atomic mass is 16.5. The third kappa shape index (κ3) is 4.19. The number of carbonyl (C=O) groups is 1. The predicted molar refractivity (Wildman–Crippen MR) is 109 cm³/mol. The summed E-state index contributed by atoms with van der Waals surface area (Å²) in [5.41, 5.74) is 6.91. The highest BCUT2D eigenvalue weighted by molar-refractivity contribution is 6.01. The Hall–Kier alpha value is -3.08. The average Bonchev–Trinajstić information content (AvgIpc) is 2.95. The molecule has 0 spiro atoms. The fourth-order valence-electron chi connectivity index (χ4n) is 3.29. The molecule has 0 bridgehead atoms. The van der Waals surface area contributed by atoms with Crippen molar-refractivity contribution in [3.63, 3.8) is 0 Å². The molecular weight excluding hydrogens is 338 g/mol. The molecule has 3 aromatic rings. The zero-order chi connectivity index (χ0) is 19.2. The second kappa shape index (κ2) is 8.54. The molecule has 1 aromatic heterocycles. The van der Waals surface area contributed by atoms with Gasteiger partial charge in [0.25, 0.3) is 0 Å². The maximum absolute atomic E-state index is 12.2. The molecule has 0 saturated heterocycles. The minimum atomic E-state index is -0.146. The first-order valence-electron chi connectivity index (χ1n) is 9.25. The number of para-hydroxylation sites is 1. The quantitative estimate of drug-likeness (QED) is 0.508. The van der Waals surface area contributed by atoms with Gasteiger partial charge in [-0.25, -0.2) is 5.43 Å². The molecule has 5 heteroatoms. The van der Waals surface area contributed by atoms with Crippen LogP contribution in [0.15, 0.2) is 53.6 Å². The van der Waals surface area contributed by atoms with Gasteiger partial charge in [-0.15, -0.1) is 0 Å². The second-order valence-corrected chi connectivity index (χ2v) is 6.31. The largest absolute Gasteiger partial charge is 0.494 e. The Morgan fingerprint density at radius 1 is 1.15 bits per heavy atom. The summed E-state index contributed by atoms with van der Waals surface area (Å²) >= 11 is 0. The third-order valence-electron chi connectivity index (χ3n) is 4.58. The first-order chi connectivity index (χ1) is 13.1. The number of nitrogens with zero attached hydrogens (tertiary/aromatic N) is 2. The van der Waals surface area contributed by atoms with Crippen molar-refractivity contribution in [3.05, 3.63) is 65.4 Å². The number of aromatic nitrogens is 1. The number of aryl methyl sites for hydroxylation is 1. The van der Waals surface area contributed by atoms with E-state index in [0.717, 1.165) is 34.5 Å². The molecular formula is C22H25N3O2. The van der Waals surface area contributed by atoms with Crippen LogP contribution in [-0.2, 0) is 17.8 Å². The summed E-state index contributed by atoms with van der Waals surface area (Å²) < 4.78 is 7.66. The van der Waals surface area contributed by atoms with Gasteiger partial charge in [0, 0.05) is 28.7 Å². The van der Waals surface area contributed by atoms with Gasteiger partial charge in [-0.05, 0) is 44.5 Å². The summed E-state index contributed by atoms with van der Waals surface area (Å²) in [5, 5.41) is 5.32. The lowest BCUT2D eigenvalue weighted by atomic mass is 10.1. The Kier molecular flexibility index (Phi) is 5.91. The highest BCUT2D eigenvalue weighted by Crippen LogP contribution is 2.24. The maximum Gasteiger partial charge on any atom is 0.244 e. The third-order valence-corrected chi connectivity index (χ3v) is 4.58. The first kappa shape index (κ1) is 18.7. The van der Waals surface area contributed by atoms with Crippen molar-refractivity contribution < 1.29 is 9.53 Å². The Balaban J connectivity index is 1.68. The highest BCUT2D eigenvalue weighted by Gasteiger charge is 2.11. The number of rotatable bonds is 7. The number of hydrazone groups is 1. The van der Waals surface area contributed by atoms with Crippen LogP contribution in [0.1, 0.15) is 30.7 Å². The van der Waals surface area contributed by atoms with Crippen molar-refractivity contribution in [1.29, 1.82) is 0 Å². The maximum atomic E-state index is 12.2. The van der Waals surface area contributed by atoms with Gasteiger partial charge >= 0.3 is 0 Å². The topological polar surface area (TPSA) is 55.6 Å². The lowest BCUT2D eigenvalue weighted by molar-refractivity contribution is -0.120. The summed E-state index contributed by atoms with van der Waals surface area (Å²) in [6.07, 6.45) is 2.01. The van der Waals surface area contributed by atoms with Crippen LogP contribution in [0.4, 0.5) is 0 Å². The van der Waals surface area contributed by atoms with Gasteiger partial charge in [-0.1, -0.05) is 30.3 Å². The molecule has 0 aliphatic carbocycles. The molecule has 1 amide bonds. The van der Waals surface area contributed by atoms with E-state index in [2.05, 4.69) is 41.1 Å². The van der Waals surface area contributed by atoms with E-state index in [9.17, 15) is 4.79 Å². The number of carbonyl (C=O) groups excluding carboxylic acids is 1. The minimum Gasteiger partial charge on any atom is -0.494 e. The molecule has 0 fully saturated rings. The van der Waals surface area contributed by atoms with E-state index >= 15 is 0 Å². The van der Waals surface area contributed by atoms with Gasteiger partial charge < -0.3 is 9.30 Å². The molecule has 1 heterocycles. The lowest BCUT2D eigenvalue weighted by Gasteiger charge is -2.04. The molecule has 2 aromatic carbocycles. The molecule has 1 N–H and O–H groups in total. The minimum absolute atomic E-state index is 0.146. The van der Waals surface area contributed by atoms with E-state index in [1.807, 2.05) is 43.3 Å². The van der Waals surface area contributed by atoms with Gasteiger partial charge in [-0.2, -0.15) is 5.10 Å². The van der Waals surface area contributed by atoms with Crippen molar-refractivity contribution in [2.75, 3.05) is 6.61 Å². The Morgan fingerprint density at radius 2 is 1.89 bits per heavy atom. The molecule has 3 rings (SSSR count). The monoisotopic (exact) mass is 363 g/mol. The molecule has 0 radical (unpaired) electrons. The Bertz CT molecular complexity index is 956. The summed E-state index contributed by atoms with van der Waals surface area (Å²) in [4.78, 5) is 12.2. The molecule has 140 valence electrons. The number of nitrogens with one attached hydrogen (secondary N) is 1. The standard InChI is InChI=1S/C22H25N3O2/c1-4-25-16(3)20(19-8-6-7-9-21(19)25)15-23-24-22(26)14-17-10-12-18(13-11-17)27-5-2/h6-13,15H,4-5,14H2,1-3H3,(H,24,26)/b23-15-. The van der Waals surface area contributed by atoms with Crippen molar-refractivity contribution in [1.82, 2.24) is 9.99 Å². The number of benzene rings is 2. The molecule has 27 heavy (non-hydrogen) atoms. The SMILES string of the molecule is CCOc1ccc(CC(=O)N/N=C\c2c(C)n(CC)c3ccccc23)cc1. The Morgan fingerprint density at radius 3 is 2.59 bits per heavy atom. The molecule has 0 unspecified atom stereocenters. The summed E-state index contributed by atoms with van der Waals surface area (Å²) in [6.45, 7) is 7.66. The fraction of sp³-hybridized carbons (Fsp3) is 0.273. The van der Waals surface area contributed by atoms with Crippen LogP contribution in [0.25, 0.3) is 10.9 Å². The smallest absolute Gasteiger partial charge is 0.244 e. The average molecular weight is 363 g/mol. The van der Waals surface area contributed by atoms with Crippen molar-refractivity contribution in [2.24, 2.45) is 5.10 Å². The normalized spacial score (nSPS) is 11.2. The zero-order valence-electron chi connectivity index (χ0n) is 16.0. The molecule has 0 aliphatic heterocycles. The van der Waals surface area contributed by atoms with Crippen LogP contribution in [-0.4, -0.2) is 23.3 Å².